The van der Waals surface area contributed by atoms with E-state index in [1.807, 2.05) is 6.92 Å². The zero-order valence-corrected chi connectivity index (χ0v) is 10.5. The summed E-state index contributed by atoms with van der Waals surface area (Å²) >= 11 is 5.82. The number of hydrogen-bond donors (Lipinski definition) is 2. The molecular weight excluding hydrogens is 256 g/mol. The fourth-order valence-electron chi connectivity index (χ4n) is 1.24. The number of nitrogens with zero attached hydrogens (tertiary/aromatic N) is 5. The molecule has 2 aromatic heterocycles. The predicted molar refractivity (Wildman–Crippen MR) is 66.7 cm³/mol. The van der Waals surface area contributed by atoms with Crippen LogP contribution in [-0.2, 0) is 0 Å². The summed E-state index contributed by atoms with van der Waals surface area (Å²) in [6.45, 7) is 2.55. The number of anilines is 1. The number of halogens is 1. The van der Waals surface area contributed by atoms with Crippen LogP contribution in [0.1, 0.15) is 6.92 Å². The molecule has 0 fully saturated rings. The van der Waals surface area contributed by atoms with Crippen LogP contribution in [0.4, 0.5) is 5.95 Å². The highest BCUT2D eigenvalue weighted by molar-refractivity contribution is 6.28. The largest absolute Gasteiger partial charge is 0.396 e. The van der Waals surface area contributed by atoms with Crippen molar-refractivity contribution >= 4 is 17.5 Å². The molecule has 96 valence electrons. The zero-order valence-electron chi connectivity index (χ0n) is 9.78. The van der Waals surface area contributed by atoms with Crippen molar-refractivity contribution in [2.75, 3.05) is 18.5 Å². The van der Waals surface area contributed by atoms with Gasteiger partial charge in [0.05, 0.1) is 0 Å². The summed E-state index contributed by atoms with van der Waals surface area (Å²) in [5.74, 6) is 0.814. The molecule has 0 aliphatic carbocycles. The van der Waals surface area contributed by atoms with Crippen molar-refractivity contribution in [3.8, 4) is 5.95 Å². The van der Waals surface area contributed by atoms with Gasteiger partial charge in [0, 0.05) is 25.5 Å². The lowest BCUT2D eigenvalue weighted by Crippen LogP contribution is -2.17. The van der Waals surface area contributed by atoms with E-state index in [9.17, 15) is 0 Å². The van der Waals surface area contributed by atoms with E-state index in [2.05, 4.69) is 25.4 Å². The Kier molecular flexibility index (Phi) is 4.06. The lowest BCUT2D eigenvalue weighted by atomic mass is 10.2. The maximum absolute atomic E-state index is 8.94. The van der Waals surface area contributed by atoms with Crippen LogP contribution in [0.2, 0.25) is 5.28 Å². The Bertz CT molecular complexity index is 503. The van der Waals surface area contributed by atoms with Gasteiger partial charge in [-0.15, -0.1) is 0 Å². The van der Waals surface area contributed by atoms with Gasteiger partial charge in [-0.3, -0.25) is 0 Å². The molecule has 0 saturated heterocycles. The van der Waals surface area contributed by atoms with Gasteiger partial charge in [0.1, 0.15) is 0 Å². The van der Waals surface area contributed by atoms with Crippen LogP contribution in [0.25, 0.3) is 5.95 Å². The van der Waals surface area contributed by atoms with Gasteiger partial charge < -0.3 is 10.4 Å². The van der Waals surface area contributed by atoms with Crippen molar-refractivity contribution in [3.05, 3.63) is 23.7 Å². The fourth-order valence-corrected chi connectivity index (χ4v) is 1.39. The van der Waals surface area contributed by atoms with Crippen LogP contribution in [0.3, 0.4) is 0 Å². The molecule has 1 atom stereocenters. The van der Waals surface area contributed by atoms with Gasteiger partial charge in [0.25, 0.3) is 5.95 Å². The number of nitrogens with one attached hydrogen (secondary N) is 1. The molecule has 8 heteroatoms. The van der Waals surface area contributed by atoms with E-state index in [1.165, 1.54) is 4.68 Å². The third-order valence-electron chi connectivity index (χ3n) is 2.23. The standard InChI is InChI=1S/C10H13ClN6O/c1-7(6-18)5-12-9-14-8(11)15-10(16-9)17-4-2-3-13-17/h2-4,7,18H,5-6H2,1H3,(H,12,14,15,16). The molecule has 0 aromatic carbocycles. The molecule has 0 saturated carbocycles. The first-order chi connectivity index (χ1) is 8.69. The molecule has 7 nitrogen and oxygen atoms in total. The van der Waals surface area contributed by atoms with Crippen LogP contribution in [0, 0.1) is 5.92 Å². The van der Waals surface area contributed by atoms with Crippen LogP contribution in [0.15, 0.2) is 18.5 Å². The molecule has 0 bridgehead atoms. The van der Waals surface area contributed by atoms with E-state index in [0.29, 0.717) is 18.4 Å². The van der Waals surface area contributed by atoms with Crippen molar-refractivity contribution in [1.29, 1.82) is 0 Å². The summed E-state index contributed by atoms with van der Waals surface area (Å²) < 4.78 is 1.49. The summed E-state index contributed by atoms with van der Waals surface area (Å²) in [5, 5.41) is 16.0. The molecule has 1 unspecified atom stereocenters. The molecule has 0 spiro atoms. The molecule has 0 aliphatic rings. The Morgan fingerprint density at radius 2 is 2.28 bits per heavy atom. The van der Waals surface area contributed by atoms with E-state index in [1.54, 1.807) is 18.5 Å². The Morgan fingerprint density at radius 1 is 1.44 bits per heavy atom. The lowest BCUT2D eigenvalue weighted by Gasteiger charge is -2.10. The van der Waals surface area contributed by atoms with Crippen molar-refractivity contribution in [2.45, 2.75) is 6.92 Å². The quantitative estimate of drug-likeness (QED) is 0.832. The van der Waals surface area contributed by atoms with Crippen LogP contribution < -0.4 is 5.32 Å². The first-order valence-corrected chi connectivity index (χ1v) is 5.83. The first-order valence-electron chi connectivity index (χ1n) is 5.45. The third-order valence-corrected chi connectivity index (χ3v) is 2.39. The molecule has 0 radical (unpaired) electrons. The van der Waals surface area contributed by atoms with Crippen LogP contribution in [-0.4, -0.2) is 43.0 Å². The average molecular weight is 269 g/mol. The van der Waals surface area contributed by atoms with E-state index in [0.717, 1.165) is 0 Å². The molecular formula is C10H13ClN6O. The second-order valence-corrected chi connectivity index (χ2v) is 4.19. The smallest absolute Gasteiger partial charge is 0.256 e. The predicted octanol–water partition coefficient (Wildman–Crippen LogP) is 0.751. The number of rotatable bonds is 5. The topological polar surface area (TPSA) is 88.8 Å². The highest BCUT2D eigenvalue weighted by Gasteiger charge is 2.08. The van der Waals surface area contributed by atoms with E-state index in [4.69, 9.17) is 16.7 Å². The fraction of sp³-hybridized carbons (Fsp3) is 0.400. The van der Waals surface area contributed by atoms with Crippen molar-refractivity contribution in [2.24, 2.45) is 5.92 Å². The molecule has 2 aromatic rings. The Hall–Kier alpha value is -1.73. The SMILES string of the molecule is CC(CO)CNc1nc(Cl)nc(-n2cccn2)n1. The van der Waals surface area contributed by atoms with Crippen molar-refractivity contribution in [3.63, 3.8) is 0 Å². The van der Waals surface area contributed by atoms with E-state index < -0.39 is 0 Å². The maximum Gasteiger partial charge on any atom is 0.256 e. The van der Waals surface area contributed by atoms with Gasteiger partial charge in [0.15, 0.2) is 0 Å². The minimum absolute atomic E-state index is 0.0923. The van der Waals surface area contributed by atoms with Gasteiger partial charge in [-0.25, -0.2) is 4.68 Å². The molecule has 0 amide bonds. The van der Waals surface area contributed by atoms with Gasteiger partial charge in [-0.2, -0.15) is 20.1 Å². The van der Waals surface area contributed by atoms with Crippen LogP contribution in [0.5, 0.6) is 0 Å². The first kappa shape index (κ1) is 12.7. The average Bonchev–Trinajstić information content (AvgIpc) is 2.89. The van der Waals surface area contributed by atoms with Crippen molar-refractivity contribution in [1.82, 2.24) is 24.7 Å². The molecule has 18 heavy (non-hydrogen) atoms. The molecule has 2 heterocycles. The summed E-state index contributed by atoms with van der Waals surface area (Å²) in [4.78, 5) is 12.1. The van der Waals surface area contributed by atoms with Crippen molar-refractivity contribution < 1.29 is 5.11 Å². The lowest BCUT2D eigenvalue weighted by molar-refractivity contribution is 0.244. The van der Waals surface area contributed by atoms with E-state index >= 15 is 0 Å². The molecule has 0 aliphatic heterocycles. The minimum atomic E-state index is 0.0923. The summed E-state index contributed by atoms with van der Waals surface area (Å²) in [6, 6.07) is 1.76. The maximum atomic E-state index is 8.94. The molecule has 2 rings (SSSR count). The highest BCUT2D eigenvalue weighted by Crippen LogP contribution is 2.09. The number of aliphatic hydroxyl groups is 1. The highest BCUT2D eigenvalue weighted by atomic mass is 35.5. The Labute approximate surface area is 109 Å². The number of hydrogen-bond acceptors (Lipinski definition) is 6. The van der Waals surface area contributed by atoms with E-state index in [-0.39, 0.29) is 17.8 Å². The minimum Gasteiger partial charge on any atom is -0.396 e. The third kappa shape index (κ3) is 3.14. The Morgan fingerprint density at radius 3 is 2.94 bits per heavy atom. The molecule has 2 N–H and O–H groups in total. The summed E-state index contributed by atoms with van der Waals surface area (Å²) in [5.41, 5.74) is 0. The zero-order chi connectivity index (χ0) is 13.0. The second-order valence-electron chi connectivity index (χ2n) is 3.85. The van der Waals surface area contributed by atoms with Gasteiger partial charge >= 0.3 is 0 Å². The van der Waals surface area contributed by atoms with Gasteiger partial charge in [-0.1, -0.05) is 6.92 Å². The monoisotopic (exact) mass is 268 g/mol. The summed E-state index contributed by atoms with van der Waals surface area (Å²) in [6.07, 6.45) is 3.34. The number of aliphatic hydroxyl groups excluding tert-OH is 1. The van der Waals surface area contributed by atoms with Gasteiger partial charge in [0.2, 0.25) is 11.2 Å². The second kappa shape index (κ2) is 5.74. The van der Waals surface area contributed by atoms with Gasteiger partial charge in [-0.05, 0) is 23.6 Å². The van der Waals surface area contributed by atoms with Crippen LogP contribution >= 0.6 is 11.6 Å². The summed E-state index contributed by atoms with van der Waals surface area (Å²) in [7, 11) is 0. The number of aromatic nitrogens is 5. The normalized spacial score (nSPS) is 12.4. The Balaban J connectivity index is 2.17.